The van der Waals surface area contributed by atoms with Crippen molar-refractivity contribution in [3.63, 3.8) is 0 Å². The minimum Gasteiger partial charge on any atom is -0.338 e. The van der Waals surface area contributed by atoms with Crippen molar-refractivity contribution in [3.8, 4) is 0 Å². The third kappa shape index (κ3) is 3.74. The molecule has 27 heavy (non-hydrogen) atoms. The van der Waals surface area contributed by atoms with E-state index in [9.17, 15) is 4.79 Å². The molecule has 2 aromatic heterocycles. The van der Waals surface area contributed by atoms with Crippen LogP contribution in [-0.2, 0) is 25.8 Å². The third-order valence-corrected chi connectivity index (χ3v) is 4.90. The number of urea groups is 1. The Balaban J connectivity index is 1.30. The standard InChI is InChI=1S/C19H22N6O2/c1-12-14-4-3-5-15(14)22-18(21-12)8-9-20-19(26)25(2)11-13-6-7-16-17(10-13)24-27-23-16/h6-7,10H,3-5,8-9,11H2,1-2H3,(H,20,26). The fraction of sp³-hybridized carbons (Fsp3) is 0.421. The van der Waals surface area contributed by atoms with Gasteiger partial charge in [0, 0.05) is 37.9 Å². The van der Waals surface area contributed by atoms with Crippen LogP contribution in [0, 0.1) is 6.92 Å². The summed E-state index contributed by atoms with van der Waals surface area (Å²) in [6.45, 7) is 3.03. The van der Waals surface area contributed by atoms with Gasteiger partial charge in [0.25, 0.3) is 0 Å². The zero-order valence-corrected chi connectivity index (χ0v) is 15.5. The zero-order valence-electron chi connectivity index (χ0n) is 15.5. The Kier molecular flexibility index (Phi) is 4.70. The number of hydrogen-bond acceptors (Lipinski definition) is 6. The lowest BCUT2D eigenvalue weighted by Crippen LogP contribution is -2.38. The Labute approximate surface area is 156 Å². The minimum atomic E-state index is -0.133. The Hall–Kier alpha value is -3.03. The van der Waals surface area contributed by atoms with Crippen LogP contribution >= 0.6 is 0 Å². The Morgan fingerprint density at radius 3 is 2.96 bits per heavy atom. The molecule has 0 atom stereocenters. The first-order valence-electron chi connectivity index (χ1n) is 9.15. The molecule has 2 amide bonds. The van der Waals surface area contributed by atoms with Gasteiger partial charge >= 0.3 is 6.03 Å². The van der Waals surface area contributed by atoms with E-state index in [1.807, 2.05) is 25.1 Å². The molecule has 8 heteroatoms. The number of carbonyl (C=O) groups excluding carboxylic acids is 1. The van der Waals surface area contributed by atoms with Gasteiger partial charge in [-0.3, -0.25) is 0 Å². The fourth-order valence-electron chi connectivity index (χ4n) is 3.48. The largest absolute Gasteiger partial charge is 0.338 e. The van der Waals surface area contributed by atoms with Crippen molar-refractivity contribution in [2.24, 2.45) is 0 Å². The molecule has 0 aliphatic heterocycles. The third-order valence-electron chi connectivity index (χ3n) is 4.90. The predicted octanol–water partition coefficient (Wildman–Crippen LogP) is 2.19. The molecule has 0 saturated heterocycles. The van der Waals surface area contributed by atoms with Gasteiger partial charge in [0.15, 0.2) is 0 Å². The van der Waals surface area contributed by atoms with E-state index in [0.717, 1.165) is 36.3 Å². The van der Waals surface area contributed by atoms with Crippen molar-refractivity contribution in [1.82, 2.24) is 30.5 Å². The number of carbonyl (C=O) groups is 1. The van der Waals surface area contributed by atoms with Gasteiger partial charge < -0.3 is 10.2 Å². The lowest BCUT2D eigenvalue weighted by atomic mass is 10.2. The molecule has 1 aliphatic rings. The summed E-state index contributed by atoms with van der Waals surface area (Å²) in [5.74, 6) is 0.806. The van der Waals surface area contributed by atoms with Crippen LogP contribution in [-0.4, -0.2) is 44.8 Å². The van der Waals surface area contributed by atoms with E-state index >= 15 is 0 Å². The van der Waals surface area contributed by atoms with Crippen LogP contribution in [0.3, 0.4) is 0 Å². The summed E-state index contributed by atoms with van der Waals surface area (Å²) in [5.41, 5.74) is 5.92. The Morgan fingerprint density at radius 1 is 1.22 bits per heavy atom. The van der Waals surface area contributed by atoms with Gasteiger partial charge in [-0.2, -0.15) is 0 Å². The second-order valence-corrected chi connectivity index (χ2v) is 6.93. The van der Waals surface area contributed by atoms with Crippen molar-refractivity contribution < 1.29 is 9.42 Å². The maximum atomic E-state index is 12.3. The van der Waals surface area contributed by atoms with Crippen LogP contribution in [0.2, 0.25) is 0 Å². The summed E-state index contributed by atoms with van der Waals surface area (Å²) in [6, 6.07) is 5.49. The van der Waals surface area contributed by atoms with Crippen molar-refractivity contribution in [2.75, 3.05) is 13.6 Å². The SMILES string of the molecule is Cc1nc(CCNC(=O)N(C)Cc2ccc3nonc3c2)nc2c1CCC2. The summed E-state index contributed by atoms with van der Waals surface area (Å²) in [7, 11) is 1.76. The molecule has 0 unspecified atom stereocenters. The lowest BCUT2D eigenvalue weighted by molar-refractivity contribution is 0.207. The van der Waals surface area contributed by atoms with Crippen molar-refractivity contribution in [3.05, 3.63) is 46.5 Å². The number of nitrogens with zero attached hydrogens (tertiary/aromatic N) is 5. The molecule has 0 radical (unpaired) electrons. The smallest absolute Gasteiger partial charge is 0.317 e. The minimum absolute atomic E-state index is 0.133. The fourth-order valence-corrected chi connectivity index (χ4v) is 3.48. The van der Waals surface area contributed by atoms with Crippen LogP contribution in [0.25, 0.3) is 11.0 Å². The van der Waals surface area contributed by atoms with Crippen LogP contribution in [0.4, 0.5) is 4.79 Å². The highest BCUT2D eigenvalue weighted by Gasteiger charge is 2.17. The highest BCUT2D eigenvalue weighted by Crippen LogP contribution is 2.22. The maximum absolute atomic E-state index is 12.3. The van der Waals surface area contributed by atoms with Gasteiger partial charge in [0.1, 0.15) is 16.9 Å². The molecule has 4 rings (SSSR count). The van der Waals surface area contributed by atoms with E-state index in [-0.39, 0.29) is 6.03 Å². The van der Waals surface area contributed by atoms with E-state index in [1.165, 1.54) is 11.3 Å². The average molecular weight is 366 g/mol. The second kappa shape index (κ2) is 7.30. The van der Waals surface area contributed by atoms with Crippen LogP contribution in [0.5, 0.6) is 0 Å². The van der Waals surface area contributed by atoms with E-state index < -0.39 is 0 Å². The summed E-state index contributed by atoms with van der Waals surface area (Å²) in [4.78, 5) is 23.2. The van der Waals surface area contributed by atoms with Crippen molar-refractivity contribution in [1.29, 1.82) is 0 Å². The van der Waals surface area contributed by atoms with Gasteiger partial charge in [-0.25, -0.2) is 19.4 Å². The molecule has 8 nitrogen and oxygen atoms in total. The highest BCUT2D eigenvalue weighted by atomic mass is 16.6. The number of rotatable bonds is 5. The van der Waals surface area contributed by atoms with Crippen LogP contribution < -0.4 is 5.32 Å². The summed E-state index contributed by atoms with van der Waals surface area (Å²) < 4.78 is 4.70. The second-order valence-electron chi connectivity index (χ2n) is 6.93. The first kappa shape index (κ1) is 17.4. The molecular formula is C19H22N6O2. The number of nitrogens with one attached hydrogen (secondary N) is 1. The number of aromatic nitrogens is 4. The summed E-state index contributed by atoms with van der Waals surface area (Å²) in [6.07, 6.45) is 3.90. The van der Waals surface area contributed by atoms with Gasteiger partial charge in [0.05, 0.1) is 0 Å². The normalized spacial score (nSPS) is 13.0. The lowest BCUT2D eigenvalue weighted by Gasteiger charge is -2.18. The van der Waals surface area contributed by atoms with Crippen LogP contribution in [0.15, 0.2) is 22.8 Å². The molecular weight excluding hydrogens is 344 g/mol. The van der Waals surface area contributed by atoms with E-state index in [4.69, 9.17) is 4.63 Å². The molecule has 0 bridgehead atoms. The van der Waals surface area contributed by atoms with Gasteiger partial charge in [-0.1, -0.05) is 6.07 Å². The number of hydrogen-bond donors (Lipinski definition) is 1. The monoisotopic (exact) mass is 366 g/mol. The number of benzene rings is 1. The first-order valence-corrected chi connectivity index (χ1v) is 9.15. The van der Waals surface area contributed by atoms with Gasteiger partial charge in [0.2, 0.25) is 0 Å². The molecule has 0 spiro atoms. The molecule has 1 N–H and O–H groups in total. The quantitative estimate of drug-likeness (QED) is 0.743. The predicted molar refractivity (Wildman–Crippen MR) is 99.2 cm³/mol. The first-order chi connectivity index (χ1) is 13.1. The average Bonchev–Trinajstić information content (AvgIpc) is 3.30. The molecule has 140 valence electrons. The molecule has 1 aliphatic carbocycles. The molecule has 0 saturated carbocycles. The highest BCUT2D eigenvalue weighted by molar-refractivity contribution is 5.75. The topological polar surface area (TPSA) is 97.0 Å². The Bertz CT molecular complexity index is 983. The number of fused-ring (bicyclic) bond motifs is 2. The van der Waals surface area contributed by atoms with E-state index in [0.29, 0.717) is 30.5 Å². The molecule has 0 fully saturated rings. The molecule has 3 aromatic rings. The zero-order chi connectivity index (χ0) is 18.8. The van der Waals surface area contributed by atoms with Gasteiger partial charge in [-0.15, -0.1) is 0 Å². The summed E-state index contributed by atoms with van der Waals surface area (Å²) >= 11 is 0. The number of aryl methyl sites for hydroxylation is 2. The van der Waals surface area contributed by atoms with E-state index in [2.05, 4.69) is 25.6 Å². The maximum Gasteiger partial charge on any atom is 0.317 e. The van der Waals surface area contributed by atoms with Gasteiger partial charge in [-0.05, 0) is 59.8 Å². The van der Waals surface area contributed by atoms with Crippen molar-refractivity contribution in [2.45, 2.75) is 39.2 Å². The van der Waals surface area contributed by atoms with E-state index in [1.54, 1.807) is 11.9 Å². The number of amides is 2. The van der Waals surface area contributed by atoms with Crippen LogP contribution in [0.1, 0.15) is 34.8 Å². The Morgan fingerprint density at radius 2 is 2.07 bits per heavy atom. The molecule has 2 heterocycles. The van der Waals surface area contributed by atoms with Crippen molar-refractivity contribution >= 4 is 17.1 Å². The molecule has 1 aromatic carbocycles. The summed E-state index contributed by atoms with van der Waals surface area (Å²) in [5, 5.41) is 10.5.